The first-order valence-corrected chi connectivity index (χ1v) is 9.24. The van der Waals surface area contributed by atoms with E-state index < -0.39 is 11.5 Å². The molecule has 9 nitrogen and oxygen atoms in total. The minimum atomic E-state index is -0.614. The zero-order valence-corrected chi connectivity index (χ0v) is 16.7. The quantitative estimate of drug-likeness (QED) is 0.186. The Labute approximate surface area is 170 Å². The highest BCUT2D eigenvalue weighted by Gasteiger charge is 2.25. The zero-order chi connectivity index (χ0) is 20.8. The number of H-pyrrole nitrogens is 1. The predicted octanol–water partition coefficient (Wildman–Crippen LogP) is 1.10. The van der Waals surface area contributed by atoms with Crippen molar-refractivity contribution in [3.63, 3.8) is 0 Å². The third-order valence-electron chi connectivity index (χ3n) is 3.72. The van der Waals surface area contributed by atoms with Gasteiger partial charge in [0.25, 0.3) is 11.5 Å². The third kappa shape index (κ3) is 4.45. The normalized spacial score (nSPS) is 11.0. The van der Waals surface area contributed by atoms with Crippen molar-refractivity contribution in [3.8, 4) is 17.2 Å². The standard InChI is InChI=1S/C17H18ClN7O2S/c1-25(2)17(27)14-13(9-3-5-10(18)6-4-9)11(7-19)16(22-15(14)26)28-8-12(23-20)24-21/h3-6H,8,20-21H2,1-2H3,(H,22,26)(H,23,24). The first-order chi connectivity index (χ1) is 13.3. The van der Waals surface area contributed by atoms with Crippen LogP contribution in [0.4, 0.5) is 0 Å². The van der Waals surface area contributed by atoms with Gasteiger partial charge in [-0.1, -0.05) is 35.5 Å². The number of nitrogens with two attached hydrogens (primary N) is 2. The lowest BCUT2D eigenvalue weighted by molar-refractivity contribution is 0.0826. The largest absolute Gasteiger partial charge is 0.345 e. The van der Waals surface area contributed by atoms with Crippen LogP contribution in [0, 0.1) is 11.3 Å². The van der Waals surface area contributed by atoms with Gasteiger partial charge in [-0.3, -0.25) is 9.59 Å². The SMILES string of the molecule is CN(C)C(=O)c1c(-c2ccc(Cl)cc2)c(C#N)c(SC/C(=N/N)NN)[nH]c1=O. The number of aromatic amines is 1. The Hall–Kier alpha value is -3.00. The molecule has 0 aliphatic rings. The highest BCUT2D eigenvalue weighted by molar-refractivity contribution is 8.00. The Morgan fingerprint density at radius 1 is 1.39 bits per heavy atom. The maximum atomic E-state index is 12.8. The van der Waals surface area contributed by atoms with Crippen LogP contribution < -0.4 is 22.7 Å². The van der Waals surface area contributed by atoms with Crippen LogP contribution >= 0.6 is 23.4 Å². The van der Waals surface area contributed by atoms with Crippen molar-refractivity contribution in [2.45, 2.75) is 5.03 Å². The van der Waals surface area contributed by atoms with Gasteiger partial charge in [0.05, 0.1) is 16.3 Å². The van der Waals surface area contributed by atoms with Crippen molar-refractivity contribution < 1.29 is 4.79 Å². The summed E-state index contributed by atoms with van der Waals surface area (Å²) in [4.78, 5) is 29.3. The molecular weight excluding hydrogens is 402 g/mol. The fraction of sp³-hybridized carbons (Fsp3) is 0.176. The molecule has 2 aromatic rings. The van der Waals surface area contributed by atoms with Gasteiger partial charge < -0.3 is 21.2 Å². The molecule has 6 N–H and O–H groups in total. The van der Waals surface area contributed by atoms with Crippen molar-refractivity contribution in [2.24, 2.45) is 16.8 Å². The number of nitriles is 1. The highest BCUT2D eigenvalue weighted by Crippen LogP contribution is 2.32. The molecule has 1 aromatic carbocycles. The number of nitrogens with zero attached hydrogens (tertiary/aromatic N) is 3. The van der Waals surface area contributed by atoms with Crippen molar-refractivity contribution in [2.75, 3.05) is 19.8 Å². The summed E-state index contributed by atoms with van der Waals surface area (Å²) in [5.74, 6) is 10.4. The third-order valence-corrected chi connectivity index (χ3v) is 4.99. The molecule has 0 bridgehead atoms. The maximum absolute atomic E-state index is 12.8. The first kappa shape index (κ1) is 21.3. The molecule has 0 aliphatic heterocycles. The molecule has 0 saturated carbocycles. The fourth-order valence-electron chi connectivity index (χ4n) is 2.38. The van der Waals surface area contributed by atoms with Gasteiger partial charge in [-0.05, 0) is 17.7 Å². The van der Waals surface area contributed by atoms with Crippen LogP contribution in [-0.4, -0.2) is 41.5 Å². The molecule has 2 rings (SSSR count). The minimum Gasteiger partial charge on any atom is -0.345 e. The second-order valence-electron chi connectivity index (χ2n) is 5.74. The molecule has 1 heterocycles. The number of hydrazone groups is 1. The number of nitrogens with one attached hydrogen (secondary N) is 2. The number of pyridine rings is 1. The van der Waals surface area contributed by atoms with Crippen LogP contribution in [-0.2, 0) is 0 Å². The van der Waals surface area contributed by atoms with E-state index in [2.05, 4.69) is 21.6 Å². The summed E-state index contributed by atoms with van der Waals surface area (Å²) in [6, 6.07) is 8.61. The number of rotatable bonds is 5. The van der Waals surface area contributed by atoms with Crippen LogP contribution in [0.25, 0.3) is 11.1 Å². The second kappa shape index (κ2) is 9.27. The molecule has 0 saturated heterocycles. The van der Waals surface area contributed by atoms with E-state index >= 15 is 0 Å². The summed E-state index contributed by atoms with van der Waals surface area (Å²) in [7, 11) is 3.05. The van der Waals surface area contributed by atoms with Crippen LogP contribution in [0.3, 0.4) is 0 Å². The monoisotopic (exact) mass is 419 g/mol. The van der Waals surface area contributed by atoms with Crippen LogP contribution in [0.5, 0.6) is 0 Å². The number of hydrogen-bond acceptors (Lipinski definition) is 7. The van der Waals surface area contributed by atoms with Crippen LogP contribution in [0.1, 0.15) is 15.9 Å². The molecule has 1 amide bonds. The summed E-state index contributed by atoms with van der Waals surface area (Å²) in [5, 5.41) is 14.0. The van der Waals surface area contributed by atoms with Gasteiger partial charge in [0.1, 0.15) is 17.5 Å². The van der Waals surface area contributed by atoms with E-state index in [-0.39, 0.29) is 33.3 Å². The molecule has 0 spiro atoms. The number of hydrazine groups is 1. The molecule has 146 valence electrons. The van der Waals surface area contributed by atoms with Crippen LogP contribution in [0.15, 0.2) is 39.2 Å². The molecule has 0 radical (unpaired) electrons. The summed E-state index contributed by atoms with van der Waals surface area (Å²) in [5.41, 5.74) is 2.48. The van der Waals surface area contributed by atoms with Gasteiger partial charge in [-0.2, -0.15) is 10.4 Å². The van der Waals surface area contributed by atoms with Crippen molar-refractivity contribution in [1.29, 1.82) is 5.26 Å². The van der Waals surface area contributed by atoms with Gasteiger partial charge in [0.15, 0.2) is 0 Å². The second-order valence-corrected chi connectivity index (χ2v) is 7.16. The molecule has 0 unspecified atom stereocenters. The van der Waals surface area contributed by atoms with E-state index in [1.807, 2.05) is 0 Å². The van der Waals surface area contributed by atoms with E-state index in [9.17, 15) is 14.9 Å². The van der Waals surface area contributed by atoms with Crippen LogP contribution in [0.2, 0.25) is 5.02 Å². The van der Waals surface area contributed by atoms with Crippen molar-refractivity contribution in [1.82, 2.24) is 15.3 Å². The van der Waals surface area contributed by atoms with E-state index in [4.69, 9.17) is 23.3 Å². The van der Waals surface area contributed by atoms with Gasteiger partial charge >= 0.3 is 0 Å². The van der Waals surface area contributed by atoms with E-state index in [1.165, 1.54) is 19.0 Å². The number of aromatic nitrogens is 1. The van der Waals surface area contributed by atoms with Gasteiger partial charge in [-0.15, -0.1) is 0 Å². The average molecular weight is 420 g/mol. The Kier molecular flexibility index (Phi) is 7.06. The number of carbonyl (C=O) groups excluding carboxylic acids is 1. The topological polar surface area (TPSA) is 153 Å². The number of hydrogen-bond donors (Lipinski definition) is 4. The van der Waals surface area contributed by atoms with Crippen molar-refractivity contribution >= 4 is 35.1 Å². The fourth-order valence-corrected chi connectivity index (χ4v) is 3.41. The lowest BCUT2D eigenvalue weighted by Crippen LogP contribution is -2.33. The van der Waals surface area contributed by atoms with Crippen molar-refractivity contribution in [3.05, 3.63) is 50.8 Å². The molecular formula is C17H18ClN7O2S. The number of carbonyl (C=O) groups is 1. The smallest absolute Gasteiger partial charge is 0.262 e. The number of amides is 1. The van der Waals surface area contributed by atoms with E-state index in [0.29, 0.717) is 10.6 Å². The molecule has 1 aromatic heterocycles. The summed E-state index contributed by atoms with van der Waals surface area (Å²) in [6.07, 6.45) is 0. The van der Waals surface area contributed by atoms with Gasteiger partial charge in [-0.25, -0.2) is 5.84 Å². The number of benzene rings is 1. The summed E-state index contributed by atoms with van der Waals surface area (Å²) < 4.78 is 0. The molecule has 0 atom stereocenters. The lowest BCUT2D eigenvalue weighted by atomic mass is 9.96. The predicted molar refractivity (Wildman–Crippen MR) is 110 cm³/mol. The minimum absolute atomic E-state index is 0.127. The van der Waals surface area contributed by atoms with E-state index in [0.717, 1.165) is 11.8 Å². The zero-order valence-electron chi connectivity index (χ0n) is 15.1. The molecule has 28 heavy (non-hydrogen) atoms. The number of halogens is 1. The summed E-state index contributed by atoms with van der Waals surface area (Å²) in [6.45, 7) is 0. The number of thioether (sulfide) groups is 1. The molecule has 11 heteroatoms. The Morgan fingerprint density at radius 3 is 2.54 bits per heavy atom. The maximum Gasteiger partial charge on any atom is 0.262 e. The van der Waals surface area contributed by atoms with E-state index in [1.54, 1.807) is 24.3 Å². The molecule has 0 aliphatic carbocycles. The Morgan fingerprint density at radius 2 is 2.04 bits per heavy atom. The average Bonchev–Trinajstić information content (AvgIpc) is 2.68. The van der Waals surface area contributed by atoms with Gasteiger partial charge in [0, 0.05) is 24.7 Å². The highest BCUT2D eigenvalue weighted by atomic mass is 35.5. The Bertz CT molecular complexity index is 1010. The first-order valence-electron chi connectivity index (χ1n) is 7.88. The lowest BCUT2D eigenvalue weighted by Gasteiger charge is -2.17. The molecule has 0 fully saturated rings. The number of amidine groups is 1. The Balaban J connectivity index is 2.75. The summed E-state index contributed by atoms with van der Waals surface area (Å²) >= 11 is 7.05. The van der Waals surface area contributed by atoms with Gasteiger partial charge in [0.2, 0.25) is 0 Å².